The molecule has 6 nitrogen and oxygen atoms in total. The molecule has 0 aromatic heterocycles. The number of rotatable bonds is 3. The quantitative estimate of drug-likeness (QED) is 0.698. The molecule has 0 heterocycles. The summed E-state index contributed by atoms with van der Waals surface area (Å²) in [7, 11) is -3.58. The van der Waals surface area contributed by atoms with E-state index in [1.54, 1.807) is 0 Å². The molecule has 0 saturated heterocycles. The molecular formula is C22H32N2O4S. The summed E-state index contributed by atoms with van der Waals surface area (Å²) < 4.78 is 27.2. The van der Waals surface area contributed by atoms with Gasteiger partial charge < -0.3 is 5.11 Å². The Kier molecular flexibility index (Phi) is 4.90. The molecule has 4 rings (SSSR count). The Bertz CT molecular complexity index is 904. The molecule has 29 heavy (non-hydrogen) atoms. The van der Waals surface area contributed by atoms with Gasteiger partial charge in [-0.15, -0.1) is 0 Å². The molecule has 3 saturated carbocycles. The van der Waals surface area contributed by atoms with Gasteiger partial charge in [0.15, 0.2) is 0 Å². The maximum atomic E-state index is 11.3. The van der Waals surface area contributed by atoms with E-state index in [-0.39, 0.29) is 17.3 Å². The Morgan fingerprint density at radius 2 is 1.93 bits per heavy atom. The van der Waals surface area contributed by atoms with E-state index in [1.807, 2.05) is 0 Å². The van der Waals surface area contributed by atoms with Gasteiger partial charge in [0.1, 0.15) is 0 Å². The number of nitrogens with zero attached hydrogens (tertiary/aromatic N) is 2. The minimum absolute atomic E-state index is 0.101. The molecule has 4 aliphatic carbocycles. The van der Waals surface area contributed by atoms with E-state index in [0.717, 1.165) is 57.6 Å². The van der Waals surface area contributed by atoms with E-state index in [2.05, 4.69) is 35.4 Å². The fraction of sp³-hybridized carbons (Fsp3) is 0.818. The molecular weight excluding hydrogens is 388 g/mol. The molecule has 0 aromatic carbocycles. The van der Waals surface area contributed by atoms with Gasteiger partial charge in [-0.1, -0.05) is 24.6 Å². The topological polar surface area (TPSA) is 99.8 Å². The second-order valence-corrected chi connectivity index (χ2v) is 11.8. The third-order valence-corrected chi connectivity index (χ3v) is 9.31. The SMILES string of the molecule is C[C@]12CC/C(=N\OS(C)(=O)=O)C=C1CC[C@@H]1[C@@H]2CC[C@@]2(C)[C@H]1CC[C@@]2(O)CC#N. The van der Waals surface area contributed by atoms with Crippen LogP contribution >= 0.6 is 0 Å². The Morgan fingerprint density at radius 3 is 2.62 bits per heavy atom. The first kappa shape index (κ1) is 20.9. The third kappa shape index (κ3) is 3.23. The highest BCUT2D eigenvalue weighted by Crippen LogP contribution is 2.67. The molecule has 0 aromatic rings. The van der Waals surface area contributed by atoms with Gasteiger partial charge in [0, 0.05) is 5.41 Å². The van der Waals surface area contributed by atoms with E-state index >= 15 is 0 Å². The van der Waals surface area contributed by atoms with Crippen molar-refractivity contribution >= 4 is 15.8 Å². The average molecular weight is 421 g/mol. The van der Waals surface area contributed by atoms with Crippen LogP contribution in [0, 0.1) is 39.9 Å². The van der Waals surface area contributed by atoms with Crippen LogP contribution in [0.25, 0.3) is 0 Å². The second-order valence-electron chi connectivity index (χ2n) is 10.2. The molecule has 0 bridgehead atoms. The molecule has 7 heteroatoms. The summed E-state index contributed by atoms with van der Waals surface area (Å²) in [6, 6.07) is 2.23. The van der Waals surface area contributed by atoms with Gasteiger partial charge in [-0.3, -0.25) is 4.28 Å². The summed E-state index contributed by atoms with van der Waals surface area (Å²) in [5.74, 6) is 1.62. The number of aliphatic hydroxyl groups is 1. The van der Waals surface area contributed by atoms with Gasteiger partial charge in [0.05, 0.1) is 30.1 Å². The minimum atomic E-state index is -3.58. The van der Waals surface area contributed by atoms with Crippen LogP contribution in [0.15, 0.2) is 16.8 Å². The highest BCUT2D eigenvalue weighted by atomic mass is 32.2. The lowest BCUT2D eigenvalue weighted by molar-refractivity contribution is -0.123. The first-order chi connectivity index (χ1) is 13.5. The molecule has 160 valence electrons. The number of hydrogen-bond acceptors (Lipinski definition) is 6. The lowest BCUT2D eigenvalue weighted by Gasteiger charge is -2.59. The number of oxime groups is 1. The lowest BCUT2D eigenvalue weighted by atomic mass is 9.46. The van der Waals surface area contributed by atoms with E-state index in [0.29, 0.717) is 23.5 Å². The van der Waals surface area contributed by atoms with Crippen molar-refractivity contribution in [3.8, 4) is 6.07 Å². The van der Waals surface area contributed by atoms with Gasteiger partial charge >= 0.3 is 10.1 Å². The Morgan fingerprint density at radius 1 is 1.21 bits per heavy atom. The van der Waals surface area contributed by atoms with Crippen molar-refractivity contribution in [3.63, 3.8) is 0 Å². The fourth-order valence-corrected chi connectivity index (χ4v) is 7.52. The maximum absolute atomic E-state index is 11.3. The van der Waals surface area contributed by atoms with Crippen LogP contribution in [0.1, 0.15) is 71.6 Å². The van der Waals surface area contributed by atoms with Gasteiger partial charge in [-0.2, -0.15) is 13.7 Å². The molecule has 1 N–H and O–H groups in total. The van der Waals surface area contributed by atoms with Crippen LogP contribution in [0.2, 0.25) is 0 Å². The summed E-state index contributed by atoms with van der Waals surface area (Å²) in [6.45, 7) is 4.59. The number of hydrogen-bond donors (Lipinski definition) is 1. The molecule has 0 spiro atoms. The van der Waals surface area contributed by atoms with Crippen molar-refractivity contribution in [2.24, 2.45) is 33.7 Å². The summed E-state index contributed by atoms with van der Waals surface area (Å²) >= 11 is 0. The Balaban J connectivity index is 1.60. The number of allylic oxidation sites excluding steroid dienone is 2. The Labute approximate surface area is 174 Å². The van der Waals surface area contributed by atoms with Crippen molar-refractivity contribution in [2.45, 2.75) is 77.2 Å². The average Bonchev–Trinajstić information content (AvgIpc) is 2.91. The van der Waals surface area contributed by atoms with E-state index in [9.17, 15) is 18.8 Å². The lowest BCUT2D eigenvalue weighted by Crippen LogP contribution is -2.54. The van der Waals surface area contributed by atoms with Gasteiger partial charge in [0.2, 0.25) is 0 Å². The van der Waals surface area contributed by atoms with Crippen LogP contribution in [0.5, 0.6) is 0 Å². The van der Waals surface area contributed by atoms with Crippen LogP contribution in [0.4, 0.5) is 0 Å². The summed E-state index contributed by atoms with van der Waals surface area (Å²) in [4.78, 5) is 0. The maximum Gasteiger partial charge on any atom is 0.325 e. The highest BCUT2D eigenvalue weighted by Gasteiger charge is 2.63. The van der Waals surface area contributed by atoms with E-state index in [4.69, 9.17) is 0 Å². The van der Waals surface area contributed by atoms with Crippen molar-refractivity contribution in [1.82, 2.24) is 0 Å². The molecule has 0 amide bonds. The van der Waals surface area contributed by atoms with Gasteiger partial charge in [-0.25, -0.2) is 0 Å². The predicted molar refractivity (Wildman–Crippen MR) is 110 cm³/mol. The largest absolute Gasteiger partial charge is 0.388 e. The second kappa shape index (κ2) is 6.81. The first-order valence-corrected chi connectivity index (χ1v) is 12.6. The Hall–Kier alpha value is -1.39. The molecule has 0 unspecified atom stereocenters. The number of nitriles is 1. The van der Waals surface area contributed by atoms with Crippen LogP contribution in [-0.2, 0) is 14.4 Å². The van der Waals surface area contributed by atoms with E-state index in [1.165, 1.54) is 5.57 Å². The van der Waals surface area contributed by atoms with Crippen molar-refractivity contribution in [1.29, 1.82) is 5.26 Å². The first-order valence-electron chi connectivity index (χ1n) is 10.8. The zero-order valence-corrected chi connectivity index (χ0v) is 18.5. The van der Waals surface area contributed by atoms with Crippen LogP contribution < -0.4 is 0 Å². The smallest absolute Gasteiger partial charge is 0.325 e. The van der Waals surface area contributed by atoms with Crippen molar-refractivity contribution < 1.29 is 17.8 Å². The molecule has 3 fully saturated rings. The highest BCUT2D eigenvalue weighted by molar-refractivity contribution is 7.85. The van der Waals surface area contributed by atoms with Gasteiger partial charge in [-0.05, 0) is 80.6 Å². The monoisotopic (exact) mass is 420 g/mol. The predicted octanol–water partition coefficient (Wildman–Crippen LogP) is 3.93. The third-order valence-electron chi connectivity index (χ3n) is 8.96. The zero-order chi connectivity index (χ0) is 21.1. The fourth-order valence-electron chi connectivity index (χ4n) is 7.29. The summed E-state index contributed by atoms with van der Waals surface area (Å²) in [5.41, 5.74) is 1.18. The van der Waals surface area contributed by atoms with Crippen molar-refractivity contribution in [3.05, 3.63) is 11.6 Å². The molecule has 4 aliphatic rings. The molecule has 0 radical (unpaired) electrons. The minimum Gasteiger partial charge on any atom is -0.388 e. The number of fused-ring (bicyclic) bond motifs is 5. The molecule has 6 atom stereocenters. The van der Waals surface area contributed by atoms with Crippen LogP contribution in [0.3, 0.4) is 0 Å². The van der Waals surface area contributed by atoms with E-state index < -0.39 is 15.7 Å². The zero-order valence-electron chi connectivity index (χ0n) is 17.6. The van der Waals surface area contributed by atoms with Crippen molar-refractivity contribution in [2.75, 3.05) is 6.26 Å². The summed E-state index contributed by atoms with van der Waals surface area (Å²) in [6.07, 6.45) is 10.9. The standard InChI is InChI=1S/C22H32N2O4S/c1-20-9-6-16(24-28-29(3,26)27)14-15(20)4-5-17-18(20)7-10-21(2)19(17)8-11-22(21,25)12-13-23/h14,17-19,25H,4-12H2,1-3H3/b24-16+/t17-,18+,19+,20+,21+,22-/m1/s1. The van der Waals surface area contributed by atoms with Gasteiger partial charge in [0.25, 0.3) is 0 Å². The molecule has 0 aliphatic heterocycles. The normalized spacial score (nSPS) is 45.6. The summed E-state index contributed by atoms with van der Waals surface area (Å²) in [5, 5.41) is 24.4. The van der Waals surface area contributed by atoms with Crippen LogP contribution in [-0.4, -0.2) is 31.1 Å².